The lowest BCUT2D eigenvalue weighted by Crippen LogP contribution is -2.35. The van der Waals surface area contributed by atoms with Gasteiger partial charge in [0.25, 0.3) is 0 Å². The maximum Gasteiger partial charge on any atom is 0.315 e. The number of primary amides is 1. The van der Waals surface area contributed by atoms with E-state index >= 15 is 0 Å². The summed E-state index contributed by atoms with van der Waals surface area (Å²) in [5.74, 6) is 0.654. The molecule has 1 aromatic heterocycles. The van der Waals surface area contributed by atoms with Crippen molar-refractivity contribution in [3.8, 4) is 6.07 Å². The van der Waals surface area contributed by atoms with Crippen LogP contribution in [0.15, 0.2) is 22.8 Å². The van der Waals surface area contributed by atoms with Crippen molar-refractivity contribution in [2.75, 3.05) is 6.54 Å². The first-order valence-corrected chi connectivity index (χ1v) is 4.17. The van der Waals surface area contributed by atoms with E-state index in [1.807, 2.05) is 6.07 Å². The van der Waals surface area contributed by atoms with Crippen molar-refractivity contribution in [2.45, 2.75) is 13.0 Å². The molecule has 0 unspecified atom stereocenters. The van der Waals surface area contributed by atoms with E-state index < -0.39 is 6.03 Å². The van der Waals surface area contributed by atoms with Crippen molar-refractivity contribution >= 4 is 6.03 Å². The molecule has 5 nitrogen and oxygen atoms in total. The van der Waals surface area contributed by atoms with Gasteiger partial charge in [-0.05, 0) is 12.1 Å². The molecular formula is C9H11N3O2. The number of carbonyl (C=O) groups is 1. The van der Waals surface area contributed by atoms with E-state index in [1.54, 1.807) is 12.1 Å². The molecule has 1 aromatic rings. The Bertz CT molecular complexity index is 326. The summed E-state index contributed by atoms with van der Waals surface area (Å²) >= 11 is 0. The predicted octanol–water partition coefficient (Wildman–Crippen LogP) is 1.07. The third-order valence-electron chi connectivity index (χ3n) is 1.73. The highest BCUT2D eigenvalue weighted by atomic mass is 16.3. The molecular weight excluding hydrogens is 182 g/mol. The van der Waals surface area contributed by atoms with Gasteiger partial charge in [0.15, 0.2) is 0 Å². The highest BCUT2D eigenvalue weighted by Crippen LogP contribution is 2.05. The standard InChI is InChI=1S/C9H11N3O2/c10-4-2-5-12(9(11)13)7-8-3-1-6-14-8/h1,3,6H,2,5,7H2,(H2,11,13). The first-order valence-electron chi connectivity index (χ1n) is 4.17. The Hall–Kier alpha value is -1.96. The second-order valence-corrected chi connectivity index (χ2v) is 2.75. The van der Waals surface area contributed by atoms with Crippen molar-refractivity contribution in [1.82, 2.24) is 4.90 Å². The van der Waals surface area contributed by atoms with Crippen molar-refractivity contribution in [3.63, 3.8) is 0 Å². The fourth-order valence-corrected chi connectivity index (χ4v) is 1.04. The minimum absolute atomic E-state index is 0.268. The second kappa shape index (κ2) is 4.92. The Morgan fingerprint density at radius 3 is 3.00 bits per heavy atom. The predicted molar refractivity (Wildman–Crippen MR) is 48.9 cm³/mol. The highest BCUT2D eigenvalue weighted by molar-refractivity contribution is 5.71. The Balaban J connectivity index is 2.52. The fraction of sp³-hybridized carbons (Fsp3) is 0.333. The Kier molecular flexibility index (Phi) is 3.56. The fourth-order valence-electron chi connectivity index (χ4n) is 1.04. The lowest BCUT2D eigenvalue weighted by Gasteiger charge is -2.16. The quantitative estimate of drug-likeness (QED) is 0.776. The SMILES string of the molecule is N#CCCN(Cc1ccco1)C(N)=O. The first-order chi connectivity index (χ1) is 6.74. The number of furan rings is 1. The van der Waals surface area contributed by atoms with Crippen LogP contribution in [0, 0.1) is 11.3 Å². The smallest absolute Gasteiger partial charge is 0.315 e. The molecule has 2 N–H and O–H groups in total. The molecule has 2 amide bonds. The molecule has 0 aliphatic rings. The van der Waals surface area contributed by atoms with Gasteiger partial charge in [-0.1, -0.05) is 0 Å². The monoisotopic (exact) mass is 193 g/mol. The number of amides is 2. The average Bonchev–Trinajstić information content (AvgIpc) is 2.64. The molecule has 0 radical (unpaired) electrons. The lowest BCUT2D eigenvalue weighted by atomic mass is 10.3. The van der Waals surface area contributed by atoms with E-state index in [-0.39, 0.29) is 6.42 Å². The molecule has 0 bridgehead atoms. The molecule has 14 heavy (non-hydrogen) atoms. The number of hydrogen-bond acceptors (Lipinski definition) is 3. The summed E-state index contributed by atoms with van der Waals surface area (Å²) in [4.78, 5) is 12.3. The highest BCUT2D eigenvalue weighted by Gasteiger charge is 2.10. The van der Waals surface area contributed by atoms with Crippen LogP contribution in [0.25, 0.3) is 0 Å². The minimum Gasteiger partial charge on any atom is -0.467 e. The van der Waals surface area contributed by atoms with Crippen LogP contribution in [-0.4, -0.2) is 17.5 Å². The molecule has 0 aromatic carbocycles. The molecule has 5 heteroatoms. The molecule has 0 aliphatic heterocycles. The summed E-state index contributed by atoms with van der Waals surface area (Å²) in [6.07, 6.45) is 1.79. The number of carbonyl (C=O) groups excluding carboxylic acids is 1. The maximum atomic E-state index is 10.9. The van der Waals surface area contributed by atoms with E-state index in [4.69, 9.17) is 15.4 Å². The second-order valence-electron chi connectivity index (χ2n) is 2.75. The van der Waals surface area contributed by atoms with Crippen LogP contribution in [-0.2, 0) is 6.54 Å². The van der Waals surface area contributed by atoms with E-state index in [2.05, 4.69) is 0 Å². The van der Waals surface area contributed by atoms with Gasteiger partial charge >= 0.3 is 6.03 Å². The number of nitrogens with two attached hydrogens (primary N) is 1. The van der Waals surface area contributed by atoms with Gasteiger partial charge in [0, 0.05) is 6.54 Å². The van der Waals surface area contributed by atoms with Crippen LogP contribution < -0.4 is 5.73 Å². The summed E-state index contributed by atoms with van der Waals surface area (Å²) < 4.78 is 5.06. The Morgan fingerprint density at radius 2 is 2.50 bits per heavy atom. The molecule has 0 saturated carbocycles. The minimum atomic E-state index is -0.545. The van der Waals surface area contributed by atoms with Crippen LogP contribution in [0.5, 0.6) is 0 Å². The van der Waals surface area contributed by atoms with Crippen molar-refractivity contribution in [1.29, 1.82) is 5.26 Å². The average molecular weight is 193 g/mol. The van der Waals surface area contributed by atoms with Crippen molar-refractivity contribution in [2.24, 2.45) is 5.73 Å². The zero-order chi connectivity index (χ0) is 10.4. The number of nitriles is 1. The lowest BCUT2D eigenvalue weighted by molar-refractivity contribution is 0.201. The summed E-state index contributed by atoms with van der Waals surface area (Å²) in [5, 5.41) is 8.37. The maximum absolute atomic E-state index is 10.9. The van der Waals surface area contributed by atoms with Gasteiger partial charge in [-0.25, -0.2) is 4.79 Å². The van der Waals surface area contributed by atoms with Crippen LogP contribution >= 0.6 is 0 Å². The number of nitrogens with zero attached hydrogens (tertiary/aromatic N) is 2. The number of urea groups is 1. The summed E-state index contributed by atoms with van der Waals surface area (Å²) in [5.41, 5.74) is 5.13. The third kappa shape index (κ3) is 2.83. The van der Waals surface area contributed by atoms with Crippen molar-refractivity contribution < 1.29 is 9.21 Å². The molecule has 0 aliphatic carbocycles. The van der Waals surface area contributed by atoms with E-state index in [0.29, 0.717) is 18.8 Å². The third-order valence-corrected chi connectivity index (χ3v) is 1.73. The molecule has 0 saturated heterocycles. The van der Waals surface area contributed by atoms with Gasteiger partial charge in [0.05, 0.1) is 25.3 Å². The molecule has 0 atom stereocenters. The normalized spacial score (nSPS) is 9.36. The Morgan fingerprint density at radius 1 is 1.71 bits per heavy atom. The molecule has 1 heterocycles. The number of hydrogen-bond donors (Lipinski definition) is 1. The van der Waals surface area contributed by atoms with Gasteiger partial charge < -0.3 is 15.1 Å². The van der Waals surface area contributed by atoms with Gasteiger partial charge in [-0.3, -0.25) is 0 Å². The zero-order valence-corrected chi connectivity index (χ0v) is 7.64. The first kappa shape index (κ1) is 10.1. The molecule has 1 rings (SSSR count). The van der Waals surface area contributed by atoms with Gasteiger partial charge in [0.1, 0.15) is 5.76 Å². The van der Waals surface area contributed by atoms with E-state index in [0.717, 1.165) is 0 Å². The summed E-state index contributed by atoms with van der Waals surface area (Å²) in [7, 11) is 0. The topological polar surface area (TPSA) is 83.3 Å². The molecule has 0 spiro atoms. The van der Waals surface area contributed by atoms with Gasteiger partial charge in [0.2, 0.25) is 0 Å². The van der Waals surface area contributed by atoms with Crippen LogP contribution in [0.3, 0.4) is 0 Å². The van der Waals surface area contributed by atoms with Crippen LogP contribution in [0.1, 0.15) is 12.2 Å². The molecule has 0 fully saturated rings. The zero-order valence-electron chi connectivity index (χ0n) is 7.64. The summed E-state index contributed by atoms with van der Waals surface area (Å²) in [6.45, 7) is 0.635. The summed E-state index contributed by atoms with van der Waals surface area (Å²) in [6, 6.07) is 4.90. The van der Waals surface area contributed by atoms with Crippen LogP contribution in [0.2, 0.25) is 0 Å². The van der Waals surface area contributed by atoms with E-state index in [9.17, 15) is 4.79 Å². The molecule has 74 valence electrons. The van der Waals surface area contributed by atoms with Crippen molar-refractivity contribution in [3.05, 3.63) is 24.2 Å². The van der Waals surface area contributed by atoms with Gasteiger partial charge in [-0.15, -0.1) is 0 Å². The van der Waals surface area contributed by atoms with E-state index in [1.165, 1.54) is 11.2 Å². The number of rotatable bonds is 4. The largest absolute Gasteiger partial charge is 0.467 e. The van der Waals surface area contributed by atoms with Crippen LogP contribution in [0.4, 0.5) is 4.79 Å². The van der Waals surface area contributed by atoms with Gasteiger partial charge in [-0.2, -0.15) is 5.26 Å². The Labute approximate surface area is 81.7 Å².